The SMILES string of the molecule is Cc1cc(C)cc(C2CC(=O)C=C(O)C2)c1. The molecule has 0 aliphatic heterocycles. The number of hydrogen-bond acceptors (Lipinski definition) is 2. The van der Waals surface area contributed by atoms with E-state index in [0.717, 1.165) is 5.56 Å². The fraction of sp³-hybridized carbons (Fsp3) is 0.357. The van der Waals surface area contributed by atoms with Crippen molar-refractivity contribution < 1.29 is 9.90 Å². The van der Waals surface area contributed by atoms with Gasteiger partial charge in [0.15, 0.2) is 5.78 Å². The molecule has 1 unspecified atom stereocenters. The number of benzene rings is 1. The molecule has 0 bridgehead atoms. The summed E-state index contributed by atoms with van der Waals surface area (Å²) in [6.45, 7) is 4.10. The fourth-order valence-electron chi connectivity index (χ4n) is 2.35. The van der Waals surface area contributed by atoms with Crippen LogP contribution in [0.3, 0.4) is 0 Å². The molecule has 0 aromatic heterocycles. The first-order valence-corrected chi connectivity index (χ1v) is 5.55. The second-order valence-corrected chi connectivity index (χ2v) is 4.63. The molecular weight excluding hydrogens is 200 g/mol. The van der Waals surface area contributed by atoms with Gasteiger partial charge in [-0.1, -0.05) is 29.3 Å². The molecule has 1 atom stereocenters. The lowest BCUT2D eigenvalue weighted by Crippen LogP contribution is -2.12. The fourth-order valence-corrected chi connectivity index (χ4v) is 2.35. The predicted octanol–water partition coefficient (Wildman–Crippen LogP) is 3.19. The summed E-state index contributed by atoms with van der Waals surface area (Å²) in [4.78, 5) is 11.4. The first-order chi connectivity index (χ1) is 7.54. The summed E-state index contributed by atoms with van der Waals surface area (Å²) in [6.07, 6.45) is 2.43. The Balaban J connectivity index is 2.31. The van der Waals surface area contributed by atoms with E-state index in [2.05, 4.69) is 32.0 Å². The van der Waals surface area contributed by atoms with Crippen LogP contribution in [0, 0.1) is 13.8 Å². The van der Waals surface area contributed by atoms with Crippen LogP contribution < -0.4 is 0 Å². The topological polar surface area (TPSA) is 37.3 Å². The molecule has 1 aliphatic carbocycles. The van der Waals surface area contributed by atoms with E-state index in [1.807, 2.05) is 0 Å². The Morgan fingerprint density at radius 3 is 2.31 bits per heavy atom. The van der Waals surface area contributed by atoms with Crippen molar-refractivity contribution in [2.75, 3.05) is 0 Å². The zero-order chi connectivity index (χ0) is 11.7. The maximum absolute atomic E-state index is 11.4. The Hall–Kier alpha value is -1.57. The van der Waals surface area contributed by atoms with Crippen LogP contribution in [0.25, 0.3) is 0 Å². The molecule has 0 amide bonds. The molecule has 0 saturated heterocycles. The molecule has 0 radical (unpaired) electrons. The van der Waals surface area contributed by atoms with Gasteiger partial charge < -0.3 is 5.11 Å². The summed E-state index contributed by atoms with van der Waals surface area (Å²) in [7, 11) is 0. The van der Waals surface area contributed by atoms with Crippen LogP contribution >= 0.6 is 0 Å². The molecule has 84 valence electrons. The van der Waals surface area contributed by atoms with E-state index in [1.54, 1.807) is 0 Å². The highest BCUT2D eigenvalue weighted by molar-refractivity contribution is 5.91. The molecule has 0 heterocycles. The van der Waals surface area contributed by atoms with Crippen molar-refractivity contribution in [1.82, 2.24) is 0 Å². The van der Waals surface area contributed by atoms with Gasteiger partial charge in [0.2, 0.25) is 0 Å². The monoisotopic (exact) mass is 216 g/mol. The Labute approximate surface area is 95.6 Å². The lowest BCUT2D eigenvalue weighted by atomic mass is 9.85. The molecule has 1 aromatic carbocycles. The average Bonchev–Trinajstić information content (AvgIpc) is 2.14. The van der Waals surface area contributed by atoms with Crippen LogP contribution in [0.5, 0.6) is 0 Å². The van der Waals surface area contributed by atoms with E-state index in [4.69, 9.17) is 0 Å². The molecule has 1 N–H and O–H groups in total. The van der Waals surface area contributed by atoms with E-state index in [0.29, 0.717) is 12.8 Å². The van der Waals surface area contributed by atoms with E-state index >= 15 is 0 Å². The lowest BCUT2D eigenvalue weighted by molar-refractivity contribution is -0.115. The highest BCUT2D eigenvalue weighted by Crippen LogP contribution is 2.31. The first kappa shape index (κ1) is 10.9. The third-order valence-electron chi connectivity index (χ3n) is 2.95. The smallest absolute Gasteiger partial charge is 0.159 e. The first-order valence-electron chi connectivity index (χ1n) is 5.55. The van der Waals surface area contributed by atoms with Crippen LogP contribution in [0.15, 0.2) is 30.0 Å². The summed E-state index contributed by atoms with van der Waals surface area (Å²) < 4.78 is 0. The van der Waals surface area contributed by atoms with Crippen LogP contribution in [0.1, 0.15) is 35.4 Å². The van der Waals surface area contributed by atoms with Gasteiger partial charge in [-0.05, 0) is 25.3 Å². The Morgan fingerprint density at radius 1 is 1.12 bits per heavy atom. The molecule has 1 aromatic rings. The third kappa shape index (κ3) is 2.32. The number of aryl methyl sites for hydroxylation is 2. The van der Waals surface area contributed by atoms with Gasteiger partial charge in [-0.3, -0.25) is 4.79 Å². The van der Waals surface area contributed by atoms with Gasteiger partial charge in [-0.15, -0.1) is 0 Å². The highest BCUT2D eigenvalue weighted by atomic mass is 16.3. The predicted molar refractivity (Wildman–Crippen MR) is 63.6 cm³/mol. The van der Waals surface area contributed by atoms with Crippen LogP contribution in [0.2, 0.25) is 0 Å². The third-order valence-corrected chi connectivity index (χ3v) is 2.95. The highest BCUT2D eigenvalue weighted by Gasteiger charge is 2.22. The second kappa shape index (κ2) is 4.12. The van der Waals surface area contributed by atoms with Crippen LogP contribution in [0.4, 0.5) is 0 Å². The molecule has 16 heavy (non-hydrogen) atoms. The van der Waals surface area contributed by atoms with Gasteiger partial charge in [0.05, 0.1) is 5.76 Å². The minimum absolute atomic E-state index is 0.0212. The molecule has 2 heteroatoms. The molecule has 2 nitrogen and oxygen atoms in total. The number of rotatable bonds is 1. The molecular formula is C14H16O2. The average molecular weight is 216 g/mol. The largest absolute Gasteiger partial charge is 0.512 e. The number of carbonyl (C=O) groups is 1. The Morgan fingerprint density at radius 2 is 1.75 bits per heavy atom. The number of allylic oxidation sites excluding steroid dienone is 2. The lowest BCUT2D eigenvalue weighted by Gasteiger charge is -2.20. The number of aliphatic hydroxyl groups is 1. The maximum Gasteiger partial charge on any atom is 0.159 e. The van der Waals surface area contributed by atoms with Gasteiger partial charge >= 0.3 is 0 Å². The van der Waals surface area contributed by atoms with Crippen LogP contribution in [-0.4, -0.2) is 10.9 Å². The summed E-state index contributed by atoms with van der Waals surface area (Å²) >= 11 is 0. The van der Waals surface area contributed by atoms with Crippen molar-refractivity contribution in [2.45, 2.75) is 32.6 Å². The summed E-state index contributed by atoms with van der Waals surface area (Å²) in [5.74, 6) is 0.365. The Bertz CT molecular complexity index is 438. The molecule has 2 rings (SSSR count). The van der Waals surface area contributed by atoms with Gasteiger partial charge in [-0.2, -0.15) is 0 Å². The number of aliphatic hydroxyl groups excluding tert-OH is 1. The summed E-state index contributed by atoms with van der Waals surface area (Å²) in [5, 5.41) is 9.49. The van der Waals surface area contributed by atoms with E-state index in [1.165, 1.54) is 17.2 Å². The second-order valence-electron chi connectivity index (χ2n) is 4.63. The van der Waals surface area contributed by atoms with Gasteiger partial charge in [0.1, 0.15) is 0 Å². The quantitative estimate of drug-likeness (QED) is 0.782. The summed E-state index contributed by atoms with van der Waals surface area (Å²) in [6, 6.07) is 6.32. The molecule has 0 fully saturated rings. The van der Waals surface area contributed by atoms with E-state index in [9.17, 15) is 9.90 Å². The van der Waals surface area contributed by atoms with Gasteiger partial charge in [0, 0.05) is 18.9 Å². The standard InChI is InChI=1S/C14H16O2/c1-9-3-10(2)5-11(4-9)12-6-13(15)8-14(16)7-12/h3-5,8,12,15H,6-7H2,1-2H3. The van der Waals surface area contributed by atoms with E-state index < -0.39 is 0 Å². The van der Waals surface area contributed by atoms with Gasteiger partial charge in [0.25, 0.3) is 0 Å². The van der Waals surface area contributed by atoms with Crippen molar-refractivity contribution in [2.24, 2.45) is 0 Å². The maximum atomic E-state index is 11.4. The van der Waals surface area contributed by atoms with Gasteiger partial charge in [-0.25, -0.2) is 0 Å². The summed E-state index contributed by atoms with van der Waals surface area (Å²) in [5.41, 5.74) is 3.57. The van der Waals surface area contributed by atoms with Crippen molar-refractivity contribution >= 4 is 5.78 Å². The minimum Gasteiger partial charge on any atom is -0.512 e. The number of hydrogen-bond donors (Lipinski definition) is 1. The molecule has 1 aliphatic rings. The molecule has 0 spiro atoms. The van der Waals surface area contributed by atoms with E-state index in [-0.39, 0.29) is 17.5 Å². The molecule has 0 saturated carbocycles. The number of carbonyl (C=O) groups excluding carboxylic acids is 1. The van der Waals surface area contributed by atoms with Crippen molar-refractivity contribution in [1.29, 1.82) is 0 Å². The zero-order valence-electron chi connectivity index (χ0n) is 9.66. The number of ketones is 1. The normalized spacial score (nSPS) is 20.8. The zero-order valence-corrected chi connectivity index (χ0v) is 9.66. The van der Waals surface area contributed by atoms with Crippen molar-refractivity contribution in [3.05, 3.63) is 46.7 Å². The minimum atomic E-state index is 0.0212. The van der Waals surface area contributed by atoms with Crippen molar-refractivity contribution in [3.8, 4) is 0 Å². The van der Waals surface area contributed by atoms with Crippen LogP contribution in [-0.2, 0) is 4.79 Å². The Kier molecular flexibility index (Phi) is 2.82. The van der Waals surface area contributed by atoms with Crippen molar-refractivity contribution in [3.63, 3.8) is 0 Å².